The molecule has 0 aromatic heterocycles. The number of piperidine rings is 1. The third-order valence-electron chi connectivity index (χ3n) is 3.03. The smallest absolute Gasteiger partial charge is 0.227 e. The second kappa shape index (κ2) is 5.48. The SMILES string of the molecule is C=CCN(C(=O)[C@H]1CCCNC1)C(C)(C)C. The first-order valence-corrected chi connectivity index (χ1v) is 6.10. The van der Waals surface area contributed by atoms with E-state index in [0.717, 1.165) is 25.9 Å². The maximum atomic E-state index is 12.4. The molecule has 1 N–H and O–H groups in total. The van der Waals surface area contributed by atoms with Crippen LogP contribution in [0.25, 0.3) is 0 Å². The number of carbonyl (C=O) groups is 1. The Morgan fingerprint density at radius 2 is 2.25 bits per heavy atom. The van der Waals surface area contributed by atoms with Crippen molar-refractivity contribution in [2.45, 2.75) is 39.2 Å². The largest absolute Gasteiger partial charge is 0.334 e. The van der Waals surface area contributed by atoms with E-state index in [1.165, 1.54) is 0 Å². The summed E-state index contributed by atoms with van der Waals surface area (Å²) < 4.78 is 0. The van der Waals surface area contributed by atoms with Gasteiger partial charge in [-0.2, -0.15) is 0 Å². The molecule has 92 valence electrons. The van der Waals surface area contributed by atoms with Crippen molar-refractivity contribution in [3.8, 4) is 0 Å². The van der Waals surface area contributed by atoms with Crippen molar-refractivity contribution in [1.82, 2.24) is 10.2 Å². The fourth-order valence-electron chi connectivity index (χ4n) is 2.11. The quantitative estimate of drug-likeness (QED) is 0.741. The van der Waals surface area contributed by atoms with Gasteiger partial charge in [0.1, 0.15) is 0 Å². The lowest BCUT2D eigenvalue weighted by Gasteiger charge is -2.38. The molecule has 1 amide bonds. The lowest BCUT2D eigenvalue weighted by molar-refractivity contribution is -0.140. The van der Waals surface area contributed by atoms with Gasteiger partial charge in [-0.05, 0) is 40.2 Å². The molecule has 1 atom stereocenters. The van der Waals surface area contributed by atoms with Crippen LogP contribution in [0.4, 0.5) is 0 Å². The highest BCUT2D eigenvalue weighted by molar-refractivity contribution is 5.80. The van der Waals surface area contributed by atoms with Gasteiger partial charge in [0.05, 0.1) is 5.92 Å². The van der Waals surface area contributed by atoms with Crippen molar-refractivity contribution in [3.63, 3.8) is 0 Å². The number of nitrogens with zero attached hydrogens (tertiary/aromatic N) is 1. The van der Waals surface area contributed by atoms with Gasteiger partial charge in [-0.25, -0.2) is 0 Å². The molecular formula is C13H24N2O. The molecule has 0 radical (unpaired) electrons. The van der Waals surface area contributed by atoms with Crippen molar-refractivity contribution in [2.75, 3.05) is 19.6 Å². The molecule has 1 fully saturated rings. The van der Waals surface area contributed by atoms with Crippen LogP contribution in [0.15, 0.2) is 12.7 Å². The number of amides is 1. The molecule has 1 aliphatic rings. The molecule has 0 unspecified atom stereocenters. The first-order chi connectivity index (χ1) is 7.46. The van der Waals surface area contributed by atoms with E-state index in [0.29, 0.717) is 6.54 Å². The topological polar surface area (TPSA) is 32.3 Å². The number of nitrogens with one attached hydrogen (secondary N) is 1. The molecule has 0 bridgehead atoms. The Balaban J connectivity index is 2.69. The normalized spacial score (nSPS) is 21.6. The van der Waals surface area contributed by atoms with E-state index in [-0.39, 0.29) is 17.4 Å². The van der Waals surface area contributed by atoms with Crippen LogP contribution in [0.1, 0.15) is 33.6 Å². The Hall–Kier alpha value is -0.830. The van der Waals surface area contributed by atoms with E-state index in [4.69, 9.17) is 0 Å². The van der Waals surface area contributed by atoms with Gasteiger partial charge in [-0.3, -0.25) is 4.79 Å². The van der Waals surface area contributed by atoms with E-state index in [1.807, 2.05) is 4.90 Å². The lowest BCUT2D eigenvalue weighted by atomic mass is 9.95. The summed E-state index contributed by atoms with van der Waals surface area (Å²) in [7, 11) is 0. The van der Waals surface area contributed by atoms with E-state index >= 15 is 0 Å². The highest BCUT2D eigenvalue weighted by Gasteiger charge is 2.31. The molecule has 0 saturated carbocycles. The first-order valence-electron chi connectivity index (χ1n) is 6.10. The Morgan fingerprint density at radius 3 is 2.69 bits per heavy atom. The second-order valence-corrected chi connectivity index (χ2v) is 5.45. The minimum absolute atomic E-state index is 0.122. The molecule has 1 aliphatic heterocycles. The van der Waals surface area contributed by atoms with Crippen LogP contribution in [0.2, 0.25) is 0 Å². The molecule has 1 saturated heterocycles. The van der Waals surface area contributed by atoms with Gasteiger partial charge in [0.15, 0.2) is 0 Å². The monoisotopic (exact) mass is 224 g/mol. The van der Waals surface area contributed by atoms with Crippen LogP contribution in [-0.4, -0.2) is 36.0 Å². The van der Waals surface area contributed by atoms with Gasteiger partial charge in [-0.15, -0.1) is 6.58 Å². The fraction of sp³-hybridized carbons (Fsp3) is 0.769. The number of hydrogen-bond acceptors (Lipinski definition) is 2. The van der Waals surface area contributed by atoms with Crippen molar-refractivity contribution in [3.05, 3.63) is 12.7 Å². The number of hydrogen-bond donors (Lipinski definition) is 1. The first kappa shape index (κ1) is 13.2. The fourth-order valence-corrected chi connectivity index (χ4v) is 2.11. The van der Waals surface area contributed by atoms with Crippen LogP contribution in [0, 0.1) is 5.92 Å². The average molecular weight is 224 g/mol. The summed E-state index contributed by atoms with van der Waals surface area (Å²) in [5.41, 5.74) is -0.122. The maximum Gasteiger partial charge on any atom is 0.227 e. The predicted molar refractivity (Wildman–Crippen MR) is 67.3 cm³/mol. The van der Waals surface area contributed by atoms with Gasteiger partial charge in [0.2, 0.25) is 5.91 Å². The van der Waals surface area contributed by atoms with Gasteiger partial charge in [0, 0.05) is 18.6 Å². The third kappa shape index (κ3) is 3.34. The molecule has 16 heavy (non-hydrogen) atoms. The summed E-state index contributed by atoms with van der Waals surface area (Å²) in [6, 6.07) is 0. The summed E-state index contributed by atoms with van der Waals surface area (Å²) in [6.45, 7) is 12.5. The second-order valence-electron chi connectivity index (χ2n) is 5.45. The van der Waals surface area contributed by atoms with Crippen molar-refractivity contribution in [2.24, 2.45) is 5.92 Å². The maximum absolute atomic E-state index is 12.4. The predicted octanol–water partition coefficient (Wildman–Crippen LogP) is 1.80. The number of rotatable bonds is 3. The van der Waals surface area contributed by atoms with Gasteiger partial charge >= 0.3 is 0 Å². The minimum atomic E-state index is -0.122. The lowest BCUT2D eigenvalue weighted by Crippen LogP contribution is -2.51. The van der Waals surface area contributed by atoms with Gasteiger partial charge in [-0.1, -0.05) is 6.08 Å². The van der Waals surface area contributed by atoms with Crippen LogP contribution >= 0.6 is 0 Å². The van der Waals surface area contributed by atoms with Crippen LogP contribution in [0.3, 0.4) is 0 Å². The van der Waals surface area contributed by atoms with Crippen molar-refractivity contribution >= 4 is 5.91 Å². The summed E-state index contributed by atoms with van der Waals surface area (Å²) in [6.07, 6.45) is 3.91. The average Bonchev–Trinajstić information content (AvgIpc) is 2.25. The van der Waals surface area contributed by atoms with Gasteiger partial charge < -0.3 is 10.2 Å². The number of carbonyl (C=O) groups excluding carboxylic acids is 1. The van der Waals surface area contributed by atoms with Gasteiger partial charge in [0.25, 0.3) is 0 Å². The van der Waals surface area contributed by atoms with E-state index in [1.54, 1.807) is 6.08 Å². The molecule has 0 aromatic rings. The highest BCUT2D eigenvalue weighted by atomic mass is 16.2. The van der Waals surface area contributed by atoms with Crippen LogP contribution in [-0.2, 0) is 4.79 Å². The molecular weight excluding hydrogens is 200 g/mol. The minimum Gasteiger partial charge on any atom is -0.334 e. The molecule has 1 rings (SSSR count). The third-order valence-corrected chi connectivity index (χ3v) is 3.03. The Bertz CT molecular complexity index is 249. The van der Waals surface area contributed by atoms with E-state index in [2.05, 4.69) is 32.7 Å². The van der Waals surface area contributed by atoms with Crippen molar-refractivity contribution < 1.29 is 4.79 Å². The molecule has 1 heterocycles. The summed E-state index contributed by atoms with van der Waals surface area (Å²) in [5, 5.41) is 3.29. The molecule has 3 nitrogen and oxygen atoms in total. The zero-order valence-corrected chi connectivity index (χ0v) is 10.8. The molecule has 0 aliphatic carbocycles. The summed E-state index contributed by atoms with van der Waals surface area (Å²) in [5.74, 6) is 0.410. The Labute approximate surface area is 98.9 Å². The Kier molecular flexibility index (Phi) is 4.54. The molecule has 3 heteroatoms. The zero-order valence-electron chi connectivity index (χ0n) is 10.8. The zero-order chi connectivity index (χ0) is 12.2. The van der Waals surface area contributed by atoms with Crippen LogP contribution < -0.4 is 5.32 Å². The van der Waals surface area contributed by atoms with Crippen LogP contribution in [0.5, 0.6) is 0 Å². The van der Waals surface area contributed by atoms with E-state index < -0.39 is 0 Å². The summed E-state index contributed by atoms with van der Waals surface area (Å²) >= 11 is 0. The highest BCUT2D eigenvalue weighted by Crippen LogP contribution is 2.20. The Morgan fingerprint density at radius 1 is 1.56 bits per heavy atom. The summed E-state index contributed by atoms with van der Waals surface area (Å²) in [4.78, 5) is 14.3. The van der Waals surface area contributed by atoms with E-state index in [9.17, 15) is 4.79 Å². The molecule has 0 spiro atoms. The van der Waals surface area contributed by atoms with Crippen molar-refractivity contribution in [1.29, 1.82) is 0 Å². The standard InChI is InChI=1S/C13H24N2O/c1-5-9-15(13(2,3)4)12(16)11-7-6-8-14-10-11/h5,11,14H,1,6-10H2,2-4H3/t11-/m0/s1. The molecule has 0 aromatic carbocycles.